The number of rotatable bonds is 4. The molecule has 0 aliphatic rings. The van der Waals surface area contributed by atoms with E-state index in [4.69, 9.17) is 0 Å². The Kier molecular flexibility index (Phi) is 4.23. The van der Waals surface area contributed by atoms with Crippen LogP contribution in [0.5, 0.6) is 0 Å². The summed E-state index contributed by atoms with van der Waals surface area (Å²) in [5.41, 5.74) is 3.30. The van der Waals surface area contributed by atoms with Gasteiger partial charge in [0.25, 0.3) is 0 Å². The minimum atomic E-state index is -3.29. The van der Waals surface area contributed by atoms with Crippen molar-refractivity contribution in [2.45, 2.75) is 45.0 Å². The largest absolute Gasteiger partial charge is 0.391 e. The number of aryl methyl sites for hydroxylation is 2. The highest BCUT2D eigenvalue weighted by Crippen LogP contribution is 2.23. The van der Waals surface area contributed by atoms with Crippen molar-refractivity contribution in [3.8, 4) is 0 Å². The van der Waals surface area contributed by atoms with Gasteiger partial charge in [-0.2, -0.15) is 0 Å². The van der Waals surface area contributed by atoms with Gasteiger partial charge in [-0.3, -0.25) is 0 Å². The molecule has 0 bridgehead atoms. The molecule has 1 rings (SSSR count). The third-order valence-corrected chi connectivity index (χ3v) is 5.94. The van der Waals surface area contributed by atoms with Gasteiger partial charge >= 0.3 is 0 Å². The number of sulfone groups is 1. The van der Waals surface area contributed by atoms with Crippen LogP contribution in [0.3, 0.4) is 0 Å². The van der Waals surface area contributed by atoms with Crippen LogP contribution in [0, 0.1) is 13.8 Å². The second-order valence-electron chi connectivity index (χ2n) is 5.51. The molecular formula is C14H22O3S. The molecule has 0 saturated heterocycles. The number of hydrogen-bond donors (Lipinski definition) is 1. The molecule has 1 unspecified atom stereocenters. The van der Waals surface area contributed by atoms with Gasteiger partial charge in [0.1, 0.15) is 0 Å². The monoisotopic (exact) mass is 270 g/mol. The summed E-state index contributed by atoms with van der Waals surface area (Å²) < 4.78 is 22.2. The van der Waals surface area contributed by atoms with Crippen molar-refractivity contribution in [3.63, 3.8) is 0 Å². The first-order valence-electron chi connectivity index (χ1n) is 5.99. The van der Waals surface area contributed by atoms with Crippen molar-refractivity contribution in [3.05, 3.63) is 34.9 Å². The molecule has 0 aromatic heterocycles. The van der Waals surface area contributed by atoms with E-state index in [1.165, 1.54) is 5.56 Å². The van der Waals surface area contributed by atoms with Crippen molar-refractivity contribution in [1.82, 2.24) is 0 Å². The van der Waals surface area contributed by atoms with Gasteiger partial charge < -0.3 is 5.11 Å². The molecule has 0 fully saturated rings. The highest BCUT2D eigenvalue weighted by molar-refractivity contribution is 7.92. The lowest BCUT2D eigenvalue weighted by Gasteiger charge is -2.28. The van der Waals surface area contributed by atoms with Crippen LogP contribution in [0.2, 0.25) is 0 Å². The van der Waals surface area contributed by atoms with Gasteiger partial charge in [-0.25, -0.2) is 8.42 Å². The van der Waals surface area contributed by atoms with Gasteiger partial charge in [-0.15, -0.1) is 0 Å². The normalized spacial score (nSPS) is 14.6. The summed E-state index contributed by atoms with van der Waals surface area (Å²) in [6.45, 7) is 7.16. The SMILES string of the molecule is Cc1ccc(CC(O)C(C)(C)S(C)(=O)=O)cc1C. The fraction of sp³-hybridized carbons (Fsp3) is 0.571. The molecule has 0 aliphatic heterocycles. The summed E-state index contributed by atoms with van der Waals surface area (Å²) >= 11 is 0. The van der Waals surface area contributed by atoms with E-state index in [0.717, 1.165) is 17.4 Å². The lowest BCUT2D eigenvalue weighted by Crippen LogP contribution is -2.44. The summed E-state index contributed by atoms with van der Waals surface area (Å²) in [6.07, 6.45) is 0.604. The van der Waals surface area contributed by atoms with E-state index in [-0.39, 0.29) is 0 Å². The Bertz CT molecular complexity index is 530. The molecule has 0 aliphatic carbocycles. The van der Waals surface area contributed by atoms with Crippen molar-refractivity contribution in [2.75, 3.05) is 6.26 Å². The maximum absolute atomic E-state index is 11.6. The molecular weight excluding hydrogens is 248 g/mol. The molecule has 0 spiro atoms. The van der Waals surface area contributed by atoms with Crippen LogP contribution in [-0.4, -0.2) is 30.6 Å². The predicted octanol–water partition coefficient (Wildman–Crippen LogP) is 2.03. The highest BCUT2D eigenvalue weighted by atomic mass is 32.2. The van der Waals surface area contributed by atoms with Crippen LogP contribution < -0.4 is 0 Å². The summed E-state index contributed by atoms with van der Waals surface area (Å²) in [5, 5.41) is 10.1. The highest BCUT2D eigenvalue weighted by Gasteiger charge is 2.37. The Hall–Kier alpha value is -0.870. The standard InChI is InChI=1S/C14H22O3S/c1-10-6-7-12(8-11(10)2)9-13(15)14(3,4)18(5,16)17/h6-8,13,15H,9H2,1-5H3. The topological polar surface area (TPSA) is 54.4 Å². The molecule has 0 radical (unpaired) electrons. The lowest BCUT2D eigenvalue weighted by molar-refractivity contribution is 0.138. The zero-order valence-electron chi connectivity index (χ0n) is 11.7. The Labute approximate surface area is 110 Å². The second kappa shape index (κ2) is 5.02. The van der Waals surface area contributed by atoms with E-state index in [0.29, 0.717) is 6.42 Å². The average molecular weight is 270 g/mol. The predicted molar refractivity (Wildman–Crippen MR) is 74.5 cm³/mol. The lowest BCUT2D eigenvalue weighted by atomic mass is 9.96. The summed E-state index contributed by atoms with van der Waals surface area (Å²) in [5.74, 6) is 0. The molecule has 0 amide bonds. The molecule has 1 atom stereocenters. The van der Waals surface area contributed by atoms with Crippen LogP contribution >= 0.6 is 0 Å². The maximum Gasteiger partial charge on any atom is 0.155 e. The smallest absolute Gasteiger partial charge is 0.155 e. The van der Waals surface area contributed by atoms with Crippen LogP contribution in [0.1, 0.15) is 30.5 Å². The third kappa shape index (κ3) is 3.12. The van der Waals surface area contributed by atoms with Crippen molar-refractivity contribution in [1.29, 1.82) is 0 Å². The minimum absolute atomic E-state index is 0.348. The molecule has 1 aromatic rings. The average Bonchev–Trinajstić information content (AvgIpc) is 2.21. The van der Waals surface area contributed by atoms with E-state index in [2.05, 4.69) is 0 Å². The van der Waals surface area contributed by atoms with Crippen LogP contribution in [0.4, 0.5) is 0 Å². The van der Waals surface area contributed by atoms with E-state index in [9.17, 15) is 13.5 Å². The Morgan fingerprint density at radius 2 is 1.78 bits per heavy atom. The summed E-state index contributed by atoms with van der Waals surface area (Å²) in [7, 11) is -3.29. The Balaban J connectivity index is 2.94. The molecule has 1 aromatic carbocycles. The van der Waals surface area contributed by atoms with Crippen LogP contribution in [0.15, 0.2) is 18.2 Å². The van der Waals surface area contributed by atoms with E-state index >= 15 is 0 Å². The van der Waals surface area contributed by atoms with E-state index in [1.54, 1.807) is 13.8 Å². The molecule has 3 nitrogen and oxygen atoms in total. The van der Waals surface area contributed by atoms with Gasteiger partial charge in [-0.05, 0) is 50.8 Å². The van der Waals surface area contributed by atoms with Crippen molar-refractivity contribution < 1.29 is 13.5 Å². The Morgan fingerprint density at radius 1 is 1.22 bits per heavy atom. The first-order chi connectivity index (χ1) is 8.05. The molecule has 1 N–H and O–H groups in total. The summed E-state index contributed by atoms with van der Waals surface area (Å²) in [6, 6.07) is 5.92. The van der Waals surface area contributed by atoms with Crippen LogP contribution in [-0.2, 0) is 16.3 Å². The number of aliphatic hydroxyl groups is 1. The third-order valence-electron chi connectivity index (χ3n) is 3.76. The number of aliphatic hydroxyl groups excluding tert-OH is 1. The fourth-order valence-electron chi connectivity index (χ4n) is 1.65. The molecule has 102 valence electrons. The van der Waals surface area contributed by atoms with Gasteiger partial charge in [0.2, 0.25) is 0 Å². The zero-order valence-corrected chi connectivity index (χ0v) is 12.5. The van der Waals surface area contributed by atoms with E-state index in [1.807, 2.05) is 32.0 Å². The van der Waals surface area contributed by atoms with Gasteiger partial charge in [0.05, 0.1) is 10.9 Å². The maximum atomic E-state index is 11.6. The number of benzene rings is 1. The minimum Gasteiger partial charge on any atom is -0.391 e. The molecule has 0 saturated carbocycles. The second-order valence-corrected chi connectivity index (χ2v) is 8.11. The van der Waals surface area contributed by atoms with Gasteiger partial charge in [0, 0.05) is 6.26 Å². The Morgan fingerprint density at radius 3 is 2.22 bits per heavy atom. The number of hydrogen-bond acceptors (Lipinski definition) is 3. The van der Waals surface area contributed by atoms with Crippen molar-refractivity contribution in [2.24, 2.45) is 0 Å². The fourth-order valence-corrected chi connectivity index (χ4v) is 2.22. The first-order valence-corrected chi connectivity index (χ1v) is 7.88. The van der Waals surface area contributed by atoms with Crippen LogP contribution in [0.25, 0.3) is 0 Å². The van der Waals surface area contributed by atoms with E-state index < -0.39 is 20.7 Å². The van der Waals surface area contributed by atoms with Gasteiger partial charge in [-0.1, -0.05) is 18.2 Å². The quantitative estimate of drug-likeness (QED) is 0.911. The van der Waals surface area contributed by atoms with Gasteiger partial charge in [0.15, 0.2) is 9.84 Å². The summed E-state index contributed by atoms with van der Waals surface area (Å²) in [4.78, 5) is 0. The first kappa shape index (κ1) is 15.2. The molecule has 0 heterocycles. The zero-order chi connectivity index (χ0) is 14.1. The molecule has 4 heteroatoms. The molecule has 18 heavy (non-hydrogen) atoms. The van der Waals surface area contributed by atoms with Crippen molar-refractivity contribution >= 4 is 9.84 Å².